The van der Waals surface area contributed by atoms with Crippen LogP contribution in [0.25, 0.3) is 0 Å². The highest BCUT2D eigenvalue weighted by molar-refractivity contribution is 8.00. The SMILES string of the molecule is C[C@@H](Sc1ccccn1)C(=O)N1CCC[C@@H]1c1ccsc1. The minimum absolute atomic E-state index is 0.0980. The van der Waals surface area contributed by atoms with Gasteiger partial charge in [-0.05, 0) is 54.3 Å². The summed E-state index contributed by atoms with van der Waals surface area (Å²) in [6.07, 6.45) is 3.93. The predicted octanol–water partition coefficient (Wildman–Crippen LogP) is 3.99. The molecule has 5 heteroatoms. The van der Waals surface area contributed by atoms with E-state index in [1.807, 2.05) is 30.0 Å². The topological polar surface area (TPSA) is 33.2 Å². The van der Waals surface area contributed by atoms with Crippen LogP contribution in [0, 0.1) is 0 Å². The molecule has 2 aromatic rings. The lowest BCUT2D eigenvalue weighted by Crippen LogP contribution is -2.36. The lowest BCUT2D eigenvalue weighted by Gasteiger charge is -2.26. The van der Waals surface area contributed by atoms with Gasteiger partial charge in [0.15, 0.2) is 0 Å². The molecule has 3 heterocycles. The minimum Gasteiger partial charge on any atom is -0.335 e. The molecular weight excluding hydrogens is 300 g/mol. The van der Waals surface area contributed by atoms with Crippen molar-refractivity contribution in [2.75, 3.05) is 6.54 Å². The van der Waals surface area contributed by atoms with Gasteiger partial charge in [-0.3, -0.25) is 4.79 Å². The molecule has 0 radical (unpaired) electrons. The van der Waals surface area contributed by atoms with Crippen LogP contribution in [-0.4, -0.2) is 27.6 Å². The molecule has 21 heavy (non-hydrogen) atoms. The van der Waals surface area contributed by atoms with Crippen LogP contribution in [0.4, 0.5) is 0 Å². The number of thioether (sulfide) groups is 1. The zero-order valence-electron chi connectivity index (χ0n) is 11.9. The lowest BCUT2D eigenvalue weighted by molar-refractivity contribution is -0.131. The number of hydrogen-bond acceptors (Lipinski definition) is 4. The smallest absolute Gasteiger partial charge is 0.236 e. The van der Waals surface area contributed by atoms with Crippen molar-refractivity contribution >= 4 is 29.0 Å². The van der Waals surface area contributed by atoms with E-state index in [-0.39, 0.29) is 17.2 Å². The second-order valence-electron chi connectivity index (χ2n) is 5.17. The predicted molar refractivity (Wildman–Crippen MR) is 87.6 cm³/mol. The van der Waals surface area contributed by atoms with Gasteiger partial charge in [0.25, 0.3) is 0 Å². The number of pyridine rings is 1. The molecule has 0 saturated carbocycles. The van der Waals surface area contributed by atoms with Gasteiger partial charge in [0.05, 0.1) is 16.3 Å². The molecule has 0 bridgehead atoms. The minimum atomic E-state index is -0.0980. The summed E-state index contributed by atoms with van der Waals surface area (Å²) in [6.45, 7) is 2.84. The summed E-state index contributed by atoms with van der Waals surface area (Å²) in [7, 11) is 0. The number of amides is 1. The van der Waals surface area contributed by atoms with Crippen LogP contribution in [0.15, 0.2) is 46.2 Å². The van der Waals surface area contributed by atoms with E-state index >= 15 is 0 Å². The van der Waals surface area contributed by atoms with Crippen LogP contribution in [0.3, 0.4) is 0 Å². The third-order valence-electron chi connectivity index (χ3n) is 3.75. The van der Waals surface area contributed by atoms with Crippen molar-refractivity contribution in [3.05, 3.63) is 46.8 Å². The van der Waals surface area contributed by atoms with E-state index in [0.29, 0.717) is 0 Å². The number of aromatic nitrogens is 1. The Hall–Kier alpha value is -1.33. The fraction of sp³-hybridized carbons (Fsp3) is 0.375. The first-order valence-electron chi connectivity index (χ1n) is 7.16. The lowest BCUT2D eigenvalue weighted by atomic mass is 10.1. The number of likely N-dealkylation sites (tertiary alicyclic amines) is 1. The van der Waals surface area contributed by atoms with Gasteiger partial charge >= 0.3 is 0 Å². The molecule has 1 aliphatic rings. The zero-order chi connectivity index (χ0) is 14.7. The second kappa shape index (κ2) is 6.62. The largest absolute Gasteiger partial charge is 0.335 e. The number of thiophene rings is 1. The van der Waals surface area contributed by atoms with Crippen molar-refractivity contribution in [2.45, 2.75) is 36.1 Å². The van der Waals surface area contributed by atoms with Gasteiger partial charge in [-0.1, -0.05) is 17.8 Å². The maximum absolute atomic E-state index is 12.7. The Kier molecular flexibility index (Phi) is 4.60. The highest BCUT2D eigenvalue weighted by Gasteiger charge is 2.32. The molecule has 2 atom stereocenters. The Morgan fingerprint density at radius 2 is 2.38 bits per heavy atom. The van der Waals surface area contributed by atoms with Gasteiger partial charge in [0, 0.05) is 12.7 Å². The molecule has 3 rings (SSSR count). The van der Waals surface area contributed by atoms with Crippen molar-refractivity contribution in [1.82, 2.24) is 9.88 Å². The molecule has 0 aliphatic carbocycles. The summed E-state index contributed by atoms with van der Waals surface area (Å²) in [5, 5.41) is 5.05. The van der Waals surface area contributed by atoms with Crippen LogP contribution < -0.4 is 0 Å². The van der Waals surface area contributed by atoms with Crippen LogP contribution in [0.1, 0.15) is 31.4 Å². The molecule has 1 amide bonds. The van der Waals surface area contributed by atoms with Crippen LogP contribution in [0.2, 0.25) is 0 Å². The van der Waals surface area contributed by atoms with Crippen LogP contribution in [-0.2, 0) is 4.79 Å². The van der Waals surface area contributed by atoms with E-state index in [1.165, 1.54) is 17.3 Å². The summed E-state index contributed by atoms with van der Waals surface area (Å²) in [6, 6.07) is 8.20. The van der Waals surface area contributed by atoms with Crippen molar-refractivity contribution in [2.24, 2.45) is 0 Å². The normalized spacial score (nSPS) is 19.7. The molecule has 110 valence electrons. The highest BCUT2D eigenvalue weighted by Crippen LogP contribution is 2.35. The van der Waals surface area contributed by atoms with E-state index in [1.54, 1.807) is 17.5 Å². The Bertz CT molecular complexity index is 586. The number of carbonyl (C=O) groups excluding carboxylic acids is 1. The zero-order valence-corrected chi connectivity index (χ0v) is 13.6. The first-order chi connectivity index (χ1) is 10.3. The molecule has 3 nitrogen and oxygen atoms in total. The Balaban J connectivity index is 1.69. The quantitative estimate of drug-likeness (QED) is 0.799. The van der Waals surface area contributed by atoms with E-state index < -0.39 is 0 Å². The van der Waals surface area contributed by atoms with Crippen molar-refractivity contribution in [1.29, 1.82) is 0 Å². The number of nitrogens with zero attached hydrogens (tertiary/aromatic N) is 2. The summed E-state index contributed by atoms with van der Waals surface area (Å²) in [5.41, 5.74) is 1.28. The molecule has 0 aromatic carbocycles. The standard InChI is InChI=1S/C16H18N2OS2/c1-12(21-15-6-2-3-8-17-15)16(19)18-9-4-5-14(18)13-7-10-20-11-13/h2-3,6-8,10-12,14H,4-5,9H2,1H3/t12-,14-/m1/s1. The molecular formula is C16H18N2OS2. The summed E-state index contributed by atoms with van der Waals surface area (Å²) >= 11 is 3.24. The highest BCUT2D eigenvalue weighted by atomic mass is 32.2. The van der Waals surface area contributed by atoms with Gasteiger partial charge in [0.1, 0.15) is 0 Å². The first-order valence-corrected chi connectivity index (χ1v) is 8.98. The van der Waals surface area contributed by atoms with Crippen molar-refractivity contribution < 1.29 is 4.79 Å². The average molecular weight is 318 g/mol. The maximum Gasteiger partial charge on any atom is 0.236 e. The van der Waals surface area contributed by atoms with Crippen LogP contribution >= 0.6 is 23.1 Å². The maximum atomic E-state index is 12.7. The van der Waals surface area contributed by atoms with Gasteiger partial charge in [-0.25, -0.2) is 4.98 Å². The summed E-state index contributed by atoms with van der Waals surface area (Å²) in [4.78, 5) is 19.1. The van der Waals surface area contributed by atoms with E-state index in [9.17, 15) is 4.79 Å². The van der Waals surface area contributed by atoms with Crippen molar-refractivity contribution in [3.63, 3.8) is 0 Å². The molecule has 0 spiro atoms. The van der Waals surface area contributed by atoms with Crippen LogP contribution in [0.5, 0.6) is 0 Å². The number of rotatable bonds is 4. The first kappa shape index (κ1) is 14.6. The fourth-order valence-electron chi connectivity index (χ4n) is 2.72. The Morgan fingerprint density at radius 1 is 1.48 bits per heavy atom. The van der Waals surface area contributed by atoms with Crippen molar-refractivity contribution in [3.8, 4) is 0 Å². The van der Waals surface area contributed by atoms with Gasteiger partial charge < -0.3 is 4.90 Å². The van der Waals surface area contributed by atoms with E-state index in [2.05, 4.69) is 21.8 Å². The number of carbonyl (C=O) groups is 1. The fourth-order valence-corrected chi connectivity index (χ4v) is 4.31. The molecule has 1 fully saturated rings. The van der Waals surface area contributed by atoms with E-state index in [0.717, 1.165) is 24.4 Å². The molecule has 0 unspecified atom stereocenters. The summed E-state index contributed by atoms with van der Waals surface area (Å²) in [5.74, 6) is 0.222. The number of hydrogen-bond donors (Lipinski definition) is 0. The van der Waals surface area contributed by atoms with Gasteiger partial charge in [0.2, 0.25) is 5.91 Å². The van der Waals surface area contributed by atoms with E-state index in [4.69, 9.17) is 0 Å². The third kappa shape index (κ3) is 3.30. The van der Waals surface area contributed by atoms with Gasteiger partial charge in [-0.15, -0.1) is 0 Å². The molecule has 1 aliphatic heterocycles. The second-order valence-corrected chi connectivity index (χ2v) is 7.32. The third-order valence-corrected chi connectivity index (χ3v) is 5.49. The molecule has 2 aromatic heterocycles. The Labute approximate surface area is 133 Å². The Morgan fingerprint density at radius 3 is 3.10 bits per heavy atom. The summed E-state index contributed by atoms with van der Waals surface area (Å²) < 4.78 is 0. The monoisotopic (exact) mass is 318 g/mol. The average Bonchev–Trinajstić information content (AvgIpc) is 3.18. The molecule has 1 saturated heterocycles. The van der Waals surface area contributed by atoms with Gasteiger partial charge in [-0.2, -0.15) is 11.3 Å². The molecule has 0 N–H and O–H groups in total.